The Kier molecular flexibility index (Phi) is 30.7. The van der Waals surface area contributed by atoms with E-state index in [1.165, 1.54) is 24.3 Å². The SMILES string of the molecule is CN1Cc2c(Cl)cc(Cl)cc2C(c2cccc(S(=O)(=O)Cl)c2)C1.CN1Cc2c(Cl)cc(Cl)cc2C(c2cccc(S(=O)(=O)NCCN(CCNS(=O)(=O)c3cccc(C4CN(C)Cc5c(Cl)cc(Cl)cc54)c3)CCNS(=O)(=O)c3cccc(C4CN(C)Cc5c(Cl)cc(Cl)cc54)c3)c2)C1.NCCN(CCN)CCN. The van der Waals surface area contributed by atoms with Crippen molar-refractivity contribution < 1.29 is 33.7 Å². The summed E-state index contributed by atoms with van der Waals surface area (Å²) in [6, 6.07) is 41.4. The number of likely N-dealkylation sites (N-methyl/N-ethyl adjacent to an activating group) is 4. The number of hydrogen-bond donors (Lipinski definition) is 6. The van der Waals surface area contributed by atoms with Crippen LogP contribution in [0.2, 0.25) is 40.2 Å². The van der Waals surface area contributed by atoms with Crippen molar-refractivity contribution >= 4 is 143 Å². The van der Waals surface area contributed by atoms with E-state index in [0.717, 1.165) is 99.5 Å². The Hall–Kier alpha value is -4.31. The zero-order valence-corrected chi connectivity index (χ0v) is 70.6. The predicted molar refractivity (Wildman–Crippen MR) is 443 cm³/mol. The number of halogens is 9. The van der Waals surface area contributed by atoms with Crippen LogP contribution in [0.4, 0.5) is 0 Å². The number of rotatable bonds is 26. The molecular formula is C76H89Cl9N12O8S4. The first kappa shape index (κ1) is 87.1. The number of nitrogens with two attached hydrogens (primary N) is 3. The number of nitrogens with zero attached hydrogens (tertiary/aromatic N) is 6. The molecule has 0 fully saturated rings. The zero-order chi connectivity index (χ0) is 78.9. The predicted octanol–water partition coefficient (Wildman–Crippen LogP) is 12.5. The molecule has 4 heterocycles. The van der Waals surface area contributed by atoms with Gasteiger partial charge in [-0.15, -0.1) is 0 Å². The summed E-state index contributed by atoms with van der Waals surface area (Å²) in [5.41, 5.74) is 27.0. The Balaban J connectivity index is 0.000000314. The van der Waals surface area contributed by atoms with Crippen molar-refractivity contribution in [1.29, 1.82) is 0 Å². The van der Waals surface area contributed by atoms with Gasteiger partial charge in [0.2, 0.25) is 30.1 Å². The van der Waals surface area contributed by atoms with E-state index < -0.39 is 39.1 Å². The van der Waals surface area contributed by atoms with E-state index >= 15 is 0 Å². The van der Waals surface area contributed by atoms with Crippen molar-refractivity contribution in [3.8, 4) is 0 Å². The first-order valence-electron chi connectivity index (χ1n) is 35.2. The molecule has 0 aliphatic carbocycles. The summed E-state index contributed by atoms with van der Waals surface area (Å²) in [6.07, 6.45) is 0. The molecule has 4 aliphatic rings. The van der Waals surface area contributed by atoms with Crippen molar-refractivity contribution in [1.82, 2.24) is 43.6 Å². The smallest absolute Gasteiger partial charge is 0.261 e. The van der Waals surface area contributed by atoms with Gasteiger partial charge < -0.3 is 36.8 Å². The third-order valence-electron chi connectivity index (χ3n) is 19.7. The fraction of sp³-hybridized carbons (Fsp3) is 0.368. The fourth-order valence-electron chi connectivity index (χ4n) is 14.6. The molecule has 8 aromatic rings. The lowest BCUT2D eigenvalue weighted by molar-refractivity contribution is 0.287. The summed E-state index contributed by atoms with van der Waals surface area (Å²) < 4.78 is 115. The highest BCUT2D eigenvalue weighted by atomic mass is 35.7. The highest BCUT2D eigenvalue weighted by Gasteiger charge is 2.34. The number of sulfonamides is 3. The first-order valence-corrected chi connectivity index (χ1v) is 45.0. The van der Waals surface area contributed by atoms with Crippen molar-refractivity contribution in [2.45, 2.75) is 69.4 Å². The lowest BCUT2D eigenvalue weighted by Gasteiger charge is -2.33. The second-order valence-electron chi connectivity index (χ2n) is 27.8. The van der Waals surface area contributed by atoms with E-state index in [9.17, 15) is 33.7 Å². The normalized spacial score (nSPS) is 17.9. The van der Waals surface area contributed by atoms with E-state index in [2.05, 4.69) is 38.7 Å². The second kappa shape index (κ2) is 38.4. The van der Waals surface area contributed by atoms with Crippen LogP contribution in [0.15, 0.2) is 165 Å². The van der Waals surface area contributed by atoms with E-state index in [1.54, 1.807) is 77.7 Å². The van der Waals surface area contributed by atoms with Crippen molar-refractivity contribution in [3.63, 3.8) is 0 Å². The van der Waals surface area contributed by atoms with Gasteiger partial charge in [0, 0.05) is 205 Å². The topological polar surface area (TPSA) is 270 Å². The molecule has 4 unspecified atom stereocenters. The lowest BCUT2D eigenvalue weighted by Crippen LogP contribution is -2.43. The summed E-state index contributed by atoms with van der Waals surface area (Å²) in [5.74, 6) is -0.596. The van der Waals surface area contributed by atoms with Crippen molar-refractivity contribution in [2.75, 3.05) is 133 Å². The molecular weight excluding hydrogens is 1660 g/mol. The second-order valence-corrected chi connectivity index (χ2v) is 39.0. The van der Waals surface area contributed by atoms with E-state index in [1.807, 2.05) is 76.7 Å². The van der Waals surface area contributed by atoms with E-state index in [0.29, 0.717) is 99.1 Å². The standard InChI is InChI=1S/C54H57Cl6N7O6S3.C16H14Cl3NO2S.C6H18N4/c1-64-28-46(43-22-37(55)25-52(58)49(43)31-64)34-7-4-10-40(19-34)74(68,69)61-13-16-67(17-14-62-75(70,71)41-11-5-8-35(20-41)47-29-65(2)32-50-44(47)23-38(56)26-53(50)59)18-15-63-76(72,73)42-12-6-9-36(21-42)48-30-66(3)33-51-45(48)24-39(57)27-54(51)60;1-20-8-14(10-3-2-4-12(5-10)23(19,21)22)13-6-11(17)7-16(18)15(13)9-20;7-1-4-10(5-2-8)6-3-9/h4-12,19-27,46-48,61-63H,13-18,28-33H2,1-3H3;2-7,14H,8-9H2,1H3;1-9H2. The molecule has 33 heteroatoms. The van der Waals surface area contributed by atoms with Crippen LogP contribution in [0.25, 0.3) is 0 Å². The van der Waals surface area contributed by atoms with Crippen LogP contribution in [0.5, 0.6) is 0 Å². The molecule has 8 aromatic carbocycles. The number of benzene rings is 8. The van der Waals surface area contributed by atoms with Crippen molar-refractivity contribution in [2.24, 2.45) is 17.2 Å². The van der Waals surface area contributed by atoms with Crippen LogP contribution >= 0.6 is 103 Å². The largest absolute Gasteiger partial charge is 0.329 e. The van der Waals surface area contributed by atoms with Gasteiger partial charge in [-0.05, 0) is 192 Å². The molecule has 0 saturated carbocycles. The molecule has 0 amide bonds. The molecule has 4 aliphatic heterocycles. The van der Waals surface area contributed by atoms with Gasteiger partial charge in [0.15, 0.2) is 0 Å². The highest BCUT2D eigenvalue weighted by Crippen LogP contribution is 2.44. The van der Waals surface area contributed by atoms with Crippen molar-refractivity contribution in [3.05, 3.63) is 253 Å². The lowest BCUT2D eigenvalue weighted by atomic mass is 9.85. The number of nitrogens with one attached hydrogen (secondary N) is 3. The summed E-state index contributed by atoms with van der Waals surface area (Å²) in [4.78, 5) is 12.8. The molecule has 0 saturated heterocycles. The molecule has 0 bridgehead atoms. The van der Waals surface area contributed by atoms with E-state index in [4.69, 9.17) is 121 Å². The van der Waals surface area contributed by atoms with Gasteiger partial charge in [0.25, 0.3) is 9.05 Å². The molecule has 20 nitrogen and oxygen atoms in total. The average molecular weight is 1750 g/mol. The minimum absolute atomic E-state index is 0.0154. The summed E-state index contributed by atoms with van der Waals surface area (Å²) in [5, 5.41) is 4.35. The summed E-state index contributed by atoms with van der Waals surface area (Å²) in [7, 11) is -2.55. The summed E-state index contributed by atoms with van der Waals surface area (Å²) >= 11 is 51.7. The monoisotopic (exact) mass is 1740 g/mol. The molecule has 0 spiro atoms. The van der Waals surface area contributed by atoms with Crippen LogP contribution < -0.4 is 31.4 Å². The molecule has 109 heavy (non-hydrogen) atoms. The minimum atomic E-state index is -4.07. The Labute approximate surface area is 685 Å². The number of fused-ring (bicyclic) bond motifs is 4. The molecule has 12 rings (SSSR count). The molecule has 4 atom stereocenters. The number of hydrogen-bond acceptors (Lipinski definition) is 17. The Morgan fingerprint density at radius 2 is 0.578 bits per heavy atom. The molecule has 0 aromatic heterocycles. The minimum Gasteiger partial charge on any atom is -0.329 e. The van der Waals surface area contributed by atoms with Gasteiger partial charge in [0.05, 0.1) is 19.6 Å². The maximum Gasteiger partial charge on any atom is 0.261 e. The third-order valence-corrected chi connectivity index (χ3v) is 27.7. The van der Waals surface area contributed by atoms with Crippen LogP contribution in [-0.4, -0.2) is 196 Å². The van der Waals surface area contributed by atoms with Gasteiger partial charge in [-0.1, -0.05) is 141 Å². The first-order chi connectivity index (χ1) is 51.6. The maximum atomic E-state index is 14.0. The van der Waals surface area contributed by atoms with Gasteiger partial charge >= 0.3 is 0 Å². The molecule has 588 valence electrons. The molecule has 9 N–H and O–H groups in total. The fourth-order valence-corrected chi connectivity index (χ4v) is 20.9. The van der Waals surface area contributed by atoms with Crippen LogP contribution in [0, 0.1) is 0 Å². The Morgan fingerprint density at radius 3 is 0.817 bits per heavy atom. The third kappa shape index (κ3) is 22.6. The van der Waals surface area contributed by atoms with Gasteiger partial charge in [-0.25, -0.2) is 47.8 Å². The van der Waals surface area contributed by atoms with Crippen LogP contribution in [0.3, 0.4) is 0 Å². The Bertz CT molecular complexity index is 4680. The van der Waals surface area contributed by atoms with Crippen LogP contribution in [0.1, 0.15) is 90.4 Å². The highest BCUT2D eigenvalue weighted by molar-refractivity contribution is 8.13. The molecule has 0 radical (unpaired) electrons. The van der Waals surface area contributed by atoms with Gasteiger partial charge in [-0.2, -0.15) is 0 Å². The van der Waals surface area contributed by atoms with Crippen LogP contribution in [-0.2, 0) is 65.3 Å². The maximum absolute atomic E-state index is 14.0. The average Bonchev–Trinajstić information content (AvgIpc) is 0.788. The van der Waals surface area contributed by atoms with Gasteiger partial charge in [-0.3, -0.25) is 9.80 Å². The zero-order valence-electron chi connectivity index (χ0n) is 60.5. The van der Waals surface area contributed by atoms with Gasteiger partial charge in [0.1, 0.15) is 0 Å². The Morgan fingerprint density at radius 1 is 0.349 bits per heavy atom. The van der Waals surface area contributed by atoms with E-state index in [-0.39, 0.29) is 82.5 Å². The quantitative estimate of drug-likeness (QED) is 0.0275. The summed E-state index contributed by atoms with van der Waals surface area (Å²) in [6.45, 7) is 10.0.